The molecule has 130 valence electrons. The molecule has 0 radical (unpaired) electrons. The lowest BCUT2D eigenvalue weighted by Gasteiger charge is -2.64. The number of hydrogen-bond acceptors (Lipinski definition) is 3. The summed E-state index contributed by atoms with van der Waals surface area (Å²) in [7, 11) is 1.60. The zero-order valence-corrected chi connectivity index (χ0v) is 14.9. The average Bonchev–Trinajstić information content (AvgIpc) is 2.43. The molecule has 2 unspecified atom stereocenters. The number of hydrogen-bond donors (Lipinski definition) is 2. The number of methoxy groups -OCH3 is 1. The van der Waals surface area contributed by atoms with Crippen molar-refractivity contribution in [1.29, 1.82) is 0 Å². The molecule has 1 aromatic rings. The summed E-state index contributed by atoms with van der Waals surface area (Å²) in [4.78, 5) is 13.2. The molecule has 4 heteroatoms. The predicted molar refractivity (Wildman–Crippen MR) is 95.9 cm³/mol. The standard InChI is InChI=1S/C20H28N2O2/c1-18-7-13-8-19(2,10-18)12-20(9-13,11-18)17(23)22-14-4-5-16(24-3)15(21)6-14/h4-6,13H,7-12,21H2,1-3H3,(H,22,23). The Kier molecular flexibility index (Phi) is 3.23. The number of rotatable bonds is 3. The number of ether oxygens (including phenoxy) is 1. The quantitative estimate of drug-likeness (QED) is 0.817. The average molecular weight is 328 g/mol. The highest BCUT2D eigenvalue weighted by atomic mass is 16.5. The highest BCUT2D eigenvalue weighted by Crippen LogP contribution is 2.69. The van der Waals surface area contributed by atoms with E-state index in [0.29, 0.717) is 28.2 Å². The summed E-state index contributed by atoms with van der Waals surface area (Å²) in [5, 5.41) is 3.15. The number of nitrogens with two attached hydrogens (primary N) is 1. The number of carbonyl (C=O) groups is 1. The third-order valence-electron chi connectivity index (χ3n) is 6.60. The van der Waals surface area contributed by atoms with Crippen LogP contribution in [0.4, 0.5) is 11.4 Å². The minimum atomic E-state index is -0.197. The first-order chi connectivity index (χ1) is 11.2. The first kappa shape index (κ1) is 15.8. The van der Waals surface area contributed by atoms with E-state index in [1.165, 1.54) is 19.3 Å². The van der Waals surface area contributed by atoms with Gasteiger partial charge in [0.2, 0.25) is 5.91 Å². The molecule has 24 heavy (non-hydrogen) atoms. The Labute approximate surface area is 144 Å². The Morgan fingerprint density at radius 1 is 1.17 bits per heavy atom. The second kappa shape index (κ2) is 4.90. The second-order valence-electron chi connectivity index (χ2n) is 9.32. The van der Waals surface area contributed by atoms with Crippen LogP contribution in [-0.2, 0) is 4.79 Å². The molecule has 0 aliphatic heterocycles. The van der Waals surface area contributed by atoms with Crippen molar-refractivity contribution in [1.82, 2.24) is 0 Å². The Balaban J connectivity index is 1.59. The van der Waals surface area contributed by atoms with E-state index < -0.39 is 0 Å². The van der Waals surface area contributed by atoms with Crippen molar-refractivity contribution < 1.29 is 9.53 Å². The fourth-order valence-electron chi connectivity index (χ4n) is 6.78. The molecule has 4 nitrogen and oxygen atoms in total. The van der Waals surface area contributed by atoms with E-state index in [1.54, 1.807) is 13.2 Å². The van der Waals surface area contributed by atoms with Gasteiger partial charge in [0.25, 0.3) is 0 Å². The monoisotopic (exact) mass is 328 g/mol. The van der Waals surface area contributed by atoms with Crippen LogP contribution >= 0.6 is 0 Å². The molecule has 4 saturated carbocycles. The lowest BCUT2D eigenvalue weighted by Crippen LogP contribution is -2.58. The minimum Gasteiger partial charge on any atom is -0.495 e. The SMILES string of the molecule is COc1ccc(NC(=O)C23CC4CC(C)(CC(C)(C4)C2)C3)cc1N. The molecule has 3 N–H and O–H groups in total. The van der Waals surface area contributed by atoms with Crippen LogP contribution in [0.3, 0.4) is 0 Å². The lowest BCUT2D eigenvalue weighted by atomic mass is 9.40. The van der Waals surface area contributed by atoms with Gasteiger partial charge in [-0.1, -0.05) is 13.8 Å². The van der Waals surface area contributed by atoms with Crippen molar-refractivity contribution in [2.24, 2.45) is 22.2 Å². The topological polar surface area (TPSA) is 64.3 Å². The van der Waals surface area contributed by atoms with Crippen LogP contribution in [0.5, 0.6) is 5.75 Å². The van der Waals surface area contributed by atoms with Gasteiger partial charge < -0.3 is 15.8 Å². The fraction of sp³-hybridized carbons (Fsp3) is 0.650. The lowest BCUT2D eigenvalue weighted by molar-refractivity contribution is -0.165. The molecule has 0 spiro atoms. The third-order valence-corrected chi connectivity index (χ3v) is 6.60. The van der Waals surface area contributed by atoms with Crippen LogP contribution in [0.1, 0.15) is 52.4 Å². The number of amides is 1. The highest BCUT2D eigenvalue weighted by molar-refractivity contribution is 5.96. The van der Waals surface area contributed by atoms with Crippen LogP contribution in [0.25, 0.3) is 0 Å². The number of carbonyl (C=O) groups excluding carboxylic acids is 1. The normalized spacial score (nSPS) is 39.7. The molecule has 2 atom stereocenters. The molecule has 4 aliphatic carbocycles. The maximum atomic E-state index is 13.2. The van der Waals surface area contributed by atoms with Crippen molar-refractivity contribution >= 4 is 17.3 Å². The van der Waals surface area contributed by atoms with Crippen LogP contribution in [0.15, 0.2) is 18.2 Å². The van der Waals surface area contributed by atoms with Gasteiger partial charge in [0.15, 0.2) is 0 Å². The zero-order chi connectivity index (χ0) is 17.2. The van der Waals surface area contributed by atoms with E-state index in [0.717, 1.165) is 24.9 Å². The zero-order valence-electron chi connectivity index (χ0n) is 14.9. The minimum absolute atomic E-state index is 0.189. The smallest absolute Gasteiger partial charge is 0.230 e. The first-order valence-electron chi connectivity index (χ1n) is 9.00. The van der Waals surface area contributed by atoms with E-state index >= 15 is 0 Å². The van der Waals surface area contributed by atoms with Crippen LogP contribution in [0, 0.1) is 22.2 Å². The molecule has 5 rings (SSSR count). The number of benzene rings is 1. The maximum absolute atomic E-state index is 13.2. The summed E-state index contributed by atoms with van der Waals surface area (Å²) in [6, 6.07) is 5.48. The molecule has 4 fully saturated rings. The molecule has 1 amide bonds. The molecule has 0 aromatic heterocycles. The van der Waals surface area contributed by atoms with Gasteiger partial charge in [-0.15, -0.1) is 0 Å². The van der Waals surface area contributed by atoms with Gasteiger partial charge in [-0.25, -0.2) is 0 Å². The van der Waals surface area contributed by atoms with Gasteiger partial charge in [0.05, 0.1) is 18.2 Å². The maximum Gasteiger partial charge on any atom is 0.230 e. The first-order valence-corrected chi connectivity index (χ1v) is 9.00. The Morgan fingerprint density at radius 2 is 1.83 bits per heavy atom. The summed E-state index contributed by atoms with van der Waals surface area (Å²) in [6.07, 6.45) is 6.99. The van der Waals surface area contributed by atoms with Crippen molar-refractivity contribution in [3.05, 3.63) is 18.2 Å². The van der Waals surface area contributed by atoms with Crippen molar-refractivity contribution in [2.75, 3.05) is 18.2 Å². The summed E-state index contributed by atoms with van der Waals surface area (Å²) in [6.45, 7) is 4.78. The van der Waals surface area contributed by atoms with E-state index in [9.17, 15) is 4.79 Å². The van der Waals surface area contributed by atoms with Gasteiger partial charge in [-0.3, -0.25) is 4.79 Å². The largest absolute Gasteiger partial charge is 0.495 e. The number of nitrogens with one attached hydrogen (secondary N) is 1. The van der Waals surface area contributed by atoms with Gasteiger partial charge in [0, 0.05) is 5.69 Å². The molecule has 0 heterocycles. The summed E-state index contributed by atoms with van der Waals surface area (Å²) in [5.41, 5.74) is 7.78. The predicted octanol–water partition coefficient (Wildman–Crippen LogP) is 4.21. The van der Waals surface area contributed by atoms with Gasteiger partial charge in [-0.05, 0) is 73.5 Å². The Bertz CT molecular complexity index is 681. The highest BCUT2D eigenvalue weighted by Gasteiger charge is 2.62. The van der Waals surface area contributed by atoms with Crippen LogP contribution < -0.4 is 15.8 Å². The van der Waals surface area contributed by atoms with Crippen molar-refractivity contribution in [2.45, 2.75) is 52.4 Å². The summed E-state index contributed by atoms with van der Waals surface area (Å²) >= 11 is 0. The van der Waals surface area contributed by atoms with E-state index in [1.807, 2.05) is 12.1 Å². The summed E-state index contributed by atoms with van der Waals surface area (Å²) in [5.74, 6) is 1.54. The van der Waals surface area contributed by atoms with E-state index in [-0.39, 0.29) is 11.3 Å². The van der Waals surface area contributed by atoms with Crippen molar-refractivity contribution in [3.63, 3.8) is 0 Å². The molecule has 4 bridgehead atoms. The van der Waals surface area contributed by atoms with Gasteiger partial charge in [0.1, 0.15) is 5.75 Å². The van der Waals surface area contributed by atoms with Gasteiger partial charge in [-0.2, -0.15) is 0 Å². The van der Waals surface area contributed by atoms with Gasteiger partial charge >= 0.3 is 0 Å². The Hall–Kier alpha value is -1.71. The number of anilines is 2. The van der Waals surface area contributed by atoms with Crippen LogP contribution in [-0.4, -0.2) is 13.0 Å². The number of nitrogen functional groups attached to an aromatic ring is 1. The van der Waals surface area contributed by atoms with Crippen molar-refractivity contribution in [3.8, 4) is 5.75 Å². The van der Waals surface area contributed by atoms with E-state index in [2.05, 4.69) is 19.2 Å². The van der Waals surface area contributed by atoms with E-state index in [4.69, 9.17) is 10.5 Å². The molecule has 0 saturated heterocycles. The Morgan fingerprint density at radius 3 is 2.38 bits per heavy atom. The summed E-state index contributed by atoms with van der Waals surface area (Å²) < 4.78 is 5.19. The molecule has 4 aliphatic rings. The fourth-order valence-corrected chi connectivity index (χ4v) is 6.78. The molecular formula is C20H28N2O2. The molecule has 1 aromatic carbocycles. The van der Waals surface area contributed by atoms with Crippen LogP contribution in [0.2, 0.25) is 0 Å². The third kappa shape index (κ3) is 2.38. The molecular weight excluding hydrogens is 300 g/mol. The second-order valence-corrected chi connectivity index (χ2v) is 9.32.